The highest BCUT2D eigenvalue weighted by atomic mass is 16.7. The molecule has 3 fully saturated rings. The molecule has 2 unspecified atom stereocenters. The monoisotopic (exact) mass is 178 g/mol. The predicted octanol–water partition coefficient (Wildman–Crippen LogP) is 0.761. The van der Waals surface area contributed by atoms with E-state index < -0.39 is 0 Å². The van der Waals surface area contributed by atoms with Gasteiger partial charge in [0, 0.05) is 12.3 Å². The molecule has 0 aromatic rings. The van der Waals surface area contributed by atoms with E-state index in [1.165, 1.54) is 31.6 Å². The van der Waals surface area contributed by atoms with Gasteiger partial charge in [0.15, 0.2) is 0 Å². The quantitative estimate of drug-likeness (QED) is 0.643. The zero-order valence-corrected chi connectivity index (χ0v) is 7.62. The number of oxime groups is 1. The minimum absolute atomic E-state index is 0.208. The van der Waals surface area contributed by atoms with Crippen LogP contribution in [-0.4, -0.2) is 24.4 Å². The molecule has 0 aromatic carbocycles. The molecule has 4 aliphatic rings. The van der Waals surface area contributed by atoms with Crippen molar-refractivity contribution in [2.45, 2.75) is 24.9 Å². The molecule has 4 rings (SSSR count). The van der Waals surface area contributed by atoms with E-state index >= 15 is 0 Å². The van der Waals surface area contributed by atoms with Crippen molar-refractivity contribution < 1.29 is 4.84 Å². The third kappa shape index (κ3) is 0.810. The molecule has 2 atom stereocenters. The van der Waals surface area contributed by atoms with E-state index in [0.717, 1.165) is 24.2 Å². The maximum absolute atomic E-state index is 5.50. The van der Waals surface area contributed by atoms with Crippen molar-refractivity contribution in [3.63, 3.8) is 0 Å². The van der Waals surface area contributed by atoms with E-state index in [2.05, 4.69) is 10.5 Å². The Morgan fingerprint density at radius 1 is 1.31 bits per heavy atom. The number of nitrogens with zero attached hydrogens (tertiary/aromatic N) is 1. The van der Waals surface area contributed by atoms with Crippen molar-refractivity contribution in [1.82, 2.24) is 5.32 Å². The summed E-state index contributed by atoms with van der Waals surface area (Å²) in [6.07, 6.45) is 3.62. The molecule has 2 aliphatic carbocycles. The molecule has 0 bridgehead atoms. The van der Waals surface area contributed by atoms with Crippen molar-refractivity contribution in [2.75, 3.05) is 13.1 Å². The van der Waals surface area contributed by atoms with Gasteiger partial charge in [0.25, 0.3) is 0 Å². The summed E-state index contributed by atoms with van der Waals surface area (Å²) in [7, 11) is 0. The van der Waals surface area contributed by atoms with Crippen LogP contribution in [0.3, 0.4) is 0 Å². The van der Waals surface area contributed by atoms with Crippen molar-refractivity contribution >= 4 is 5.71 Å². The van der Waals surface area contributed by atoms with Crippen LogP contribution in [0.5, 0.6) is 0 Å². The lowest BCUT2D eigenvalue weighted by molar-refractivity contribution is 0.0650. The molecule has 2 heterocycles. The number of rotatable bonds is 1. The summed E-state index contributed by atoms with van der Waals surface area (Å²) in [5, 5.41) is 7.70. The molecule has 0 radical (unpaired) electrons. The normalized spacial score (nSPS) is 48.6. The Hall–Kier alpha value is -0.570. The third-order valence-electron chi connectivity index (χ3n) is 4.14. The lowest BCUT2D eigenvalue weighted by Crippen LogP contribution is -2.19. The Balaban J connectivity index is 1.52. The van der Waals surface area contributed by atoms with Crippen LogP contribution in [-0.2, 0) is 4.84 Å². The molecule has 0 aromatic heterocycles. The van der Waals surface area contributed by atoms with Crippen molar-refractivity contribution in [1.29, 1.82) is 0 Å². The first-order valence-electron chi connectivity index (χ1n) is 5.34. The molecule has 1 N–H and O–H groups in total. The summed E-state index contributed by atoms with van der Waals surface area (Å²) in [6, 6.07) is 0. The Labute approximate surface area is 77.5 Å². The highest BCUT2D eigenvalue weighted by Crippen LogP contribution is 2.55. The maximum atomic E-state index is 5.50. The highest BCUT2D eigenvalue weighted by molar-refractivity contribution is 5.91. The SMILES string of the molecule is C1NCC2C1C2C1=NOC2(CC2)C1. The first-order chi connectivity index (χ1) is 6.38. The van der Waals surface area contributed by atoms with Crippen LogP contribution in [0.25, 0.3) is 0 Å². The van der Waals surface area contributed by atoms with Crippen molar-refractivity contribution in [3.8, 4) is 0 Å². The van der Waals surface area contributed by atoms with E-state index in [1.54, 1.807) is 0 Å². The van der Waals surface area contributed by atoms with Gasteiger partial charge in [-0.3, -0.25) is 0 Å². The number of nitrogens with one attached hydrogen (secondary N) is 1. The fraction of sp³-hybridized carbons (Fsp3) is 0.900. The number of hydrogen-bond donors (Lipinski definition) is 1. The zero-order chi connectivity index (χ0) is 8.47. The Morgan fingerprint density at radius 2 is 2.08 bits per heavy atom. The van der Waals surface area contributed by atoms with E-state index in [1.807, 2.05) is 0 Å². The van der Waals surface area contributed by atoms with Crippen LogP contribution in [0.1, 0.15) is 19.3 Å². The van der Waals surface area contributed by atoms with Gasteiger partial charge in [0.1, 0.15) is 5.60 Å². The third-order valence-corrected chi connectivity index (χ3v) is 4.14. The van der Waals surface area contributed by atoms with Gasteiger partial charge in [-0.1, -0.05) is 5.16 Å². The summed E-state index contributed by atoms with van der Waals surface area (Å²) in [4.78, 5) is 5.50. The Morgan fingerprint density at radius 3 is 2.69 bits per heavy atom. The Bertz CT molecular complexity index is 285. The molecule has 2 aliphatic heterocycles. The second kappa shape index (κ2) is 1.92. The Kier molecular flexibility index (Phi) is 1.01. The number of fused-ring (bicyclic) bond motifs is 1. The lowest BCUT2D eigenvalue weighted by Gasteiger charge is -2.03. The summed E-state index contributed by atoms with van der Waals surface area (Å²) >= 11 is 0. The molecule has 1 spiro atoms. The molecule has 2 saturated carbocycles. The molecule has 70 valence electrons. The molecule has 13 heavy (non-hydrogen) atoms. The molecule has 1 saturated heterocycles. The fourth-order valence-corrected chi connectivity index (χ4v) is 3.05. The number of hydrogen-bond acceptors (Lipinski definition) is 3. The zero-order valence-electron chi connectivity index (χ0n) is 7.62. The molecular formula is C10H14N2O. The first kappa shape index (κ1) is 6.82. The fourth-order valence-electron chi connectivity index (χ4n) is 3.05. The van der Waals surface area contributed by atoms with Crippen molar-refractivity contribution in [2.24, 2.45) is 22.9 Å². The van der Waals surface area contributed by atoms with Crippen LogP contribution in [0.2, 0.25) is 0 Å². The molecular weight excluding hydrogens is 164 g/mol. The van der Waals surface area contributed by atoms with Crippen LogP contribution < -0.4 is 5.32 Å². The average molecular weight is 178 g/mol. The maximum Gasteiger partial charge on any atom is 0.143 e. The largest absolute Gasteiger partial charge is 0.389 e. The smallest absolute Gasteiger partial charge is 0.143 e. The van der Waals surface area contributed by atoms with Gasteiger partial charge in [-0.05, 0) is 37.8 Å². The summed E-state index contributed by atoms with van der Waals surface area (Å²) in [6.45, 7) is 2.42. The standard InChI is InChI=1S/C10H14N2O/c1-2-10(1)3-8(12-13-10)9-6-4-11-5-7(6)9/h6-7,9,11H,1-5H2. The van der Waals surface area contributed by atoms with Crippen molar-refractivity contribution in [3.05, 3.63) is 0 Å². The molecule has 0 amide bonds. The van der Waals surface area contributed by atoms with Crippen LogP contribution in [0, 0.1) is 17.8 Å². The predicted molar refractivity (Wildman–Crippen MR) is 48.4 cm³/mol. The van der Waals surface area contributed by atoms with Crippen LogP contribution >= 0.6 is 0 Å². The van der Waals surface area contributed by atoms with Gasteiger partial charge >= 0.3 is 0 Å². The minimum Gasteiger partial charge on any atom is -0.389 e. The molecule has 3 nitrogen and oxygen atoms in total. The van der Waals surface area contributed by atoms with Gasteiger partial charge in [0.2, 0.25) is 0 Å². The number of piperidine rings is 1. The van der Waals surface area contributed by atoms with Gasteiger partial charge in [-0.2, -0.15) is 0 Å². The second-order valence-corrected chi connectivity index (χ2v) is 5.05. The minimum atomic E-state index is 0.208. The van der Waals surface area contributed by atoms with E-state index in [9.17, 15) is 0 Å². The van der Waals surface area contributed by atoms with Gasteiger partial charge in [0.05, 0.1) is 5.71 Å². The topological polar surface area (TPSA) is 33.6 Å². The summed E-state index contributed by atoms with van der Waals surface area (Å²) in [5.41, 5.74) is 1.59. The van der Waals surface area contributed by atoms with Crippen LogP contribution in [0.15, 0.2) is 5.16 Å². The van der Waals surface area contributed by atoms with E-state index in [-0.39, 0.29) is 5.60 Å². The molecule has 3 heteroatoms. The lowest BCUT2D eigenvalue weighted by atomic mass is 10.1. The van der Waals surface area contributed by atoms with Gasteiger partial charge in [-0.25, -0.2) is 0 Å². The second-order valence-electron chi connectivity index (χ2n) is 5.05. The summed E-state index contributed by atoms with van der Waals surface area (Å²) in [5.74, 6) is 2.59. The first-order valence-corrected chi connectivity index (χ1v) is 5.34. The average Bonchev–Trinajstić information content (AvgIpc) is 2.91. The van der Waals surface area contributed by atoms with Gasteiger partial charge < -0.3 is 10.2 Å². The van der Waals surface area contributed by atoms with E-state index in [0.29, 0.717) is 0 Å². The van der Waals surface area contributed by atoms with Crippen LogP contribution in [0.4, 0.5) is 0 Å². The van der Waals surface area contributed by atoms with E-state index in [4.69, 9.17) is 4.84 Å². The van der Waals surface area contributed by atoms with Gasteiger partial charge in [-0.15, -0.1) is 0 Å². The highest BCUT2D eigenvalue weighted by Gasteiger charge is 2.60. The summed E-state index contributed by atoms with van der Waals surface area (Å²) < 4.78 is 0.